The number of fused-ring (bicyclic) bond motifs is 1. The van der Waals surface area contributed by atoms with Crippen molar-refractivity contribution >= 4 is 22.9 Å². The first kappa shape index (κ1) is 19.9. The third-order valence-corrected chi connectivity index (χ3v) is 4.14. The highest BCUT2D eigenvalue weighted by Crippen LogP contribution is 2.33. The normalized spacial score (nSPS) is 12.9. The fraction of sp³-hybridized carbons (Fsp3) is 0.190. The van der Waals surface area contributed by atoms with Crippen LogP contribution in [0.2, 0.25) is 0 Å². The van der Waals surface area contributed by atoms with Crippen molar-refractivity contribution in [1.29, 1.82) is 0 Å². The molecule has 3 rings (SSSR count). The van der Waals surface area contributed by atoms with Crippen molar-refractivity contribution in [3.8, 4) is 22.8 Å². The van der Waals surface area contributed by atoms with Gasteiger partial charge in [-0.2, -0.15) is 0 Å². The zero-order valence-corrected chi connectivity index (χ0v) is 15.6. The van der Waals surface area contributed by atoms with E-state index in [1.165, 1.54) is 32.0 Å². The van der Waals surface area contributed by atoms with Crippen molar-refractivity contribution in [2.24, 2.45) is 0 Å². The zero-order valence-electron chi connectivity index (χ0n) is 15.6. The Hall–Kier alpha value is -3.81. The third kappa shape index (κ3) is 4.37. The van der Waals surface area contributed by atoms with Crippen LogP contribution in [0.3, 0.4) is 0 Å². The van der Waals surface area contributed by atoms with Crippen molar-refractivity contribution in [3.63, 3.8) is 0 Å². The summed E-state index contributed by atoms with van der Waals surface area (Å²) < 4.78 is 16.6. The summed E-state index contributed by atoms with van der Waals surface area (Å²) >= 11 is 0. The van der Waals surface area contributed by atoms with Gasteiger partial charge >= 0.3 is 11.9 Å². The molecule has 0 aliphatic carbocycles. The first-order valence-corrected chi connectivity index (χ1v) is 8.72. The lowest BCUT2D eigenvalue weighted by Gasteiger charge is -2.16. The number of aliphatic carboxylic acids is 2. The number of ether oxygens (including phenoxy) is 2. The molecule has 150 valence electrons. The number of hydrogen-bond donors (Lipinski definition) is 2. The predicted octanol–water partition coefficient (Wildman–Crippen LogP) is 3.16. The summed E-state index contributed by atoms with van der Waals surface area (Å²) in [6.45, 7) is 2.65. The van der Waals surface area contributed by atoms with Crippen LogP contribution in [0.25, 0.3) is 22.3 Å². The van der Waals surface area contributed by atoms with Gasteiger partial charge in [-0.15, -0.1) is 0 Å². The second-order valence-corrected chi connectivity index (χ2v) is 6.34. The molecule has 29 heavy (non-hydrogen) atoms. The van der Waals surface area contributed by atoms with Crippen molar-refractivity contribution in [1.82, 2.24) is 0 Å². The van der Waals surface area contributed by atoms with Gasteiger partial charge in [0.05, 0.1) is 5.39 Å². The minimum Gasteiger partial charge on any atom is -0.479 e. The van der Waals surface area contributed by atoms with E-state index in [-0.39, 0.29) is 28.2 Å². The molecule has 0 spiro atoms. The maximum Gasteiger partial charge on any atom is 0.344 e. The van der Waals surface area contributed by atoms with Crippen molar-refractivity contribution in [2.75, 3.05) is 0 Å². The molecule has 3 aromatic rings. The molecule has 2 aromatic carbocycles. The molecular formula is C21H18O8. The Labute approximate surface area is 164 Å². The maximum atomic E-state index is 12.7. The van der Waals surface area contributed by atoms with Crippen molar-refractivity contribution in [2.45, 2.75) is 26.1 Å². The van der Waals surface area contributed by atoms with Gasteiger partial charge in [0, 0.05) is 17.7 Å². The second-order valence-electron chi connectivity index (χ2n) is 6.34. The first-order chi connectivity index (χ1) is 13.8. The monoisotopic (exact) mass is 398 g/mol. The minimum atomic E-state index is -1.24. The largest absolute Gasteiger partial charge is 0.479 e. The van der Waals surface area contributed by atoms with E-state index < -0.39 is 29.6 Å². The first-order valence-electron chi connectivity index (χ1n) is 8.72. The molecule has 1 heterocycles. The van der Waals surface area contributed by atoms with Gasteiger partial charge in [-0.3, -0.25) is 4.79 Å². The Morgan fingerprint density at radius 3 is 2.17 bits per heavy atom. The number of benzene rings is 2. The molecule has 0 radical (unpaired) electrons. The van der Waals surface area contributed by atoms with Crippen LogP contribution in [0.1, 0.15) is 13.8 Å². The highest BCUT2D eigenvalue weighted by molar-refractivity contribution is 5.86. The Kier molecular flexibility index (Phi) is 5.54. The standard InChI is InChI=1S/C21H18O8/c1-11(20(23)24)27-14-8-15-16(22)10-17(13-6-4-3-5-7-13)29-19(15)18(9-14)28-12(2)21(25)26/h3-12H,1-2H3,(H,23,24)(H,25,26). The van der Waals surface area contributed by atoms with Gasteiger partial charge in [0.25, 0.3) is 0 Å². The summed E-state index contributed by atoms with van der Waals surface area (Å²) in [4.78, 5) is 35.0. The van der Waals surface area contributed by atoms with E-state index >= 15 is 0 Å². The van der Waals surface area contributed by atoms with Gasteiger partial charge in [-0.25, -0.2) is 9.59 Å². The molecule has 2 N–H and O–H groups in total. The van der Waals surface area contributed by atoms with Crippen LogP contribution in [-0.2, 0) is 9.59 Å². The van der Waals surface area contributed by atoms with E-state index in [1.807, 2.05) is 6.07 Å². The summed E-state index contributed by atoms with van der Waals surface area (Å²) in [5.41, 5.74) is 0.287. The molecule has 2 atom stereocenters. The summed E-state index contributed by atoms with van der Waals surface area (Å²) in [6, 6.07) is 12.9. The van der Waals surface area contributed by atoms with Gasteiger partial charge in [0.2, 0.25) is 0 Å². The van der Waals surface area contributed by atoms with Gasteiger partial charge < -0.3 is 24.1 Å². The SMILES string of the molecule is CC(Oc1cc(OC(C)C(=O)O)c2oc(-c3ccccc3)cc(=O)c2c1)C(=O)O. The molecule has 0 fully saturated rings. The number of carboxylic acid groups (broad SMARTS) is 2. The lowest BCUT2D eigenvalue weighted by atomic mass is 10.1. The minimum absolute atomic E-state index is 0.0414. The van der Waals surface area contributed by atoms with Crippen molar-refractivity contribution in [3.05, 3.63) is 58.8 Å². The van der Waals surface area contributed by atoms with E-state index in [9.17, 15) is 14.4 Å². The fourth-order valence-electron chi connectivity index (χ4n) is 2.60. The van der Waals surface area contributed by atoms with Crippen LogP contribution < -0.4 is 14.9 Å². The van der Waals surface area contributed by atoms with Crippen LogP contribution in [0, 0.1) is 0 Å². The number of hydrogen-bond acceptors (Lipinski definition) is 6. The highest BCUT2D eigenvalue weighted by Gasteiger charge is 2.21. The quantitative estimate of drug-likeness (QED) is 0.622. The Bertz CT molecular complexity index is 1120. The van der Waals surface area contributed by atoms with Crippen LogP contribution in [0.15, 0.2) is 57.7 Å². The molecule has 0 bridgehead atoms. The molecule has 8 heteroatoms. The molecule has 0 saturated carbocycles. The number of carboxylic acids is 2. The van der Waals surface area contributed by atoms with E-state index in [4.69, 9.17) is 24.1 Å². The summed E-state index contributed by atoms with van der Waals surface area (Å²) in [5.74, 6) is -2.13. The van der Waals surface area contributed by atoms with E-state index in [0.717, 1.165) is 0 Å². The Morgan fingerprint density at radius 1 is 0.931 bits per heavy atom. The van der Waals surface area contributed by atoms with Gasteiger partial charge in [0.1, 0.15) is 11.5 Å². The van der Waals surface area contributed by atoms with Crippen molar-refractivity contribution < 1.29 is 33.7 Å². The topological polar surface area (TPSA) is 123 Å². The molecule has 0 saturated heterocycles. The Morgan fingerprint density at radius 2 is 1.55 bits per heavy atom. The van der Waals surface area contributed by atoms with Gasteiger partial charge in [-0.05, 0) is 19.9 Å². The van der Waals surface area contributed by atoms with Gasteiger partial charge in [0.15, 0.2) is 29.0 Å². The average molecular weight is 398 g/mol. The smallest absolute Gasteiger partial charge is 0.344 e. The zero-order chi connectivity index (χ0) is 21.1. The van der Waals surface area contributed by atoms with Crippen LogP contribution in [0.4, 0.5) is 0 Å². The molecule has 0 aliphatic rings. The lowest BCUT2D eigenvalue weighted by molar-refractivity contribution is -0.144. The molecule has 0 aliphatic heterocycles. The van der Waals surface area contributed by atoms with Crippen LogP contribution >= 0.6 is 0 Å². The van der Waals surface area contributed by atoms with Crippen LogP contribution in [-0.4, -0.2) is 34.4 Å². The maximum absolute atomic E-state index is 12.7. The number of carbonyl (C=O) groups is 2. The predicted molar refractivity (Wildman–Crippen MR) is 103 cm³/mol. The summed E-state index contributed by atoms with van der Waals surface area (Å²) in [6.07, 6.45) is -2.43. The molecular weight excluding hydrogens is 380 g/mol. The molecule has 0 amide bonds. The molecule has 2 unspecified atom stereocenters. The molecule has 1 aromatic heterocycles. The fourth-order valence-corrected chi connectivity index (χ4v) is 2.60. The summed E-state index contributed by atoms with van der Waals surface area (Å²) in [7, 11) is 0. The van der Waals surface area contributed by atoms with Gasteiger partial charge in [-0.1, -0.05) is 30.3 Å². The van der Waals surface area contributed by atoms with E-state index in [0.29, 0.717) is 5.56 Å². The summed E-state index contributed by atoms with van der Waals surface area (Å²) in [5, 5.41) is 18.3. The van der Waals surface area contributed by atoms with Crippen LogP contribution in [0.5, 0.6) is 11.5 Å². The number of rotatable bonds is 7. The third-order valence-electron chi connectivity index (χ3n) is 4.14. The van der Waals surface area contributed by atoms with E-state index in [1.54, 1.807) is 24.3 Å². The average Bonchev–Trinajstić information content (AvgIpc) is 2.69. The second kappa shape index (κ2) is 8.05. The van der Waals surface area contributed by atoms with E-state index in [2.05, 4.69) is 0 Å². The lowest BCUT2D eigenvalue weighted by Crippen LogP contribution is -2.24. The highest BCUT2D eigenvalue weighted by atomic mass is 16.5. The Balaban J connectivity index is 2.19. The molecule has 8 nitrogen and oxygen atoms in total.